The van der Waals surface area contributed by atoms with Crippen molar-refractivity contribution in [3.8, 4) is 0 Å². The van der Waals surface area contributed by atoms with Crippen molar-refractivity contribution in [1.82, 2.24) is 10.3 Å². The number of carbonyl (C=O) groups is 1. The Hall–Kier alpha value is -2.94. The molecule has 0 radical (unpaired) electrons. The van der Waals surface area contributed by atoms with Crippen molar-refractivity contribution >= 4 is 28.5 Å². The highest BCUT2D eigenvalue weighted by Gasteiger charge is 2.26. The first-order chi connectivity index (χ1) is 11.8. The molecule has 0 bridgehead atoms. The lowest BCUT2D eigenvalue weighted by molar-refractivity contribution is 0.0964. The van der Waals surface area contributed by atoms with Crippen molar-refractivity contribution in [2.24, 2.45) is 0 Å². The highest BCUT2D eigenvalue weighted by molar-refractivity contribution is 6.09. The van der Waals surface area contributed by atoms with Crippen LogP contribution in [0.25, 0.3) is 22.6 Å². The molecule has 118 valence electrons. The molecule has 3 heteroatoms. The molecule has 24 heavy (non-hydrogen) atoms. The van der Waals surface area contributed by atoms with Crippen molar-refractivity contribution in [1.29, 1.82) is 0 Å². The molecule has 1 aromatic heterocycles. The van der Waals surface area contributed by atoms with Gasteiger partial charge in [0.25, 0.3) is 5.91 Å². The van der Waals surface area contributed by atoms with Gasteiger partial charge in [0, 0.05) is 12.4 Å². The van der Waals surface area contributed by atoms with Gasteiger partial charge in [-0.1, -0.05) is 48.5 Å². The third kappa shape index (κ3) is 2.38. The molecule has 1 aliphatic rings. The fourth-order valence-corrected chi connectivity index (χ4v) is 3.41. The maximum Gasteiger partial charge on any atom is 0.252 e. The van der Waals surface area contributed by atoms with E-state index in [9.17, 15) is 4.79 Å². The fourth-order valence-electron chi connectivity index (χ4n) is 3.41. The molecule has 0 fully saturated rings. The Balaban J connectivity index is 1.95. The minimum absolute atomic E-state index is 0.0363. The molecule has 2 aromatic carbocycles. The molecule has 0 atom stereocenters. The second kappa shape index (κ2) is 5.93. The quantitative estimate of drug-likeness (QED) is 0.774. The Morgan fingerprint density at radius 3 is 2.58 bits per heavy atom. The van der Waals surface area contributed by atoms with Gasteiger partial charge in [0.15, 0.2) is 0 Å². The van der Waals surface area contributed by atoms with Crippen molar-refractivity contribution < 1.29 is 4.79 Å². The Morgan fingerprint density at radius 2 is 1.79 bits per heavy atom. The summed E-state index contributed by atoms with van der Waals surface area (Å²) >= 11 is 0. The molecule has 3 nitrogen and oxygen atoms in total. The number of carbonyl (C=O) groups excluding carboxylic acids is 1. The predicted molar refractivity (Wildman–Crippen MR) is 97.8 cm³/mol. The number of pyridine rings is 1. The summed E-state index contributed by atoms with van der Waals surface area (Å²) in [6.07, 6.45) is 3.95. The van der Waals surface area contributed by atoms with Crippen LogP contribution in [0.4, 0.5) is 0 Å². The van der Waals surface area contributed by atoms with Crippen LogP contribution in [0, 0.1) is 0 Å². The molecule has 0 aliphatic heterocycles. The van der Waals surface area contributed by atoms with E-state index in [1.54, 1.807) is 7.05 Å². The van der Waals surface area contributed by atoms with Crippen LogP contribution in [-0.4, -0.2) is 17.9 Å². The molecule has 1 N–H and O–H groups in total. The van der Waals surface area contributed by atoms with Gasteiger partial charge in [-0.3, -0.25) is 4.79 Å². The van der Waals surface area contributed by atoms with E-state index in [1.807, 2.05) is 42.5 Å². The Morgan fingerprint density at radius 1 is 1.04 bits per heavy atom. The maximum absolute atomic E-state index is 12.5. The highest BCUT2D eigenvalue weighted by Crippen LogP contribution is 2.37. The summed E-state index contributed by atoms with van der Waals surface area (Å²) in [5.74, 6) is -0.0363. The lowest BCUT2D eigenvalue weighted by atomic mass is 10.00. The van der Waals surface area contributed by atoms with Gasteiger partial charge in [-0.2, -0.15) is 0 Å². The SMILES string of the molecule is CNC(=O)c1c2c(nc3ccccc13)/C(=C/c1ccccc1)CC2. The molecule has 0 unspecified atom stereocenters. The lowest BCUT2D eigenvalue weighted by Gasteiger charge is -2.11. The Labute approximate surface area is 141 Å². The van der Waals surface area contributed by atoms with Gasteiger partial charge in [-0.05, 0) is 41.7 Å². The normalized spacial score (nSPS) is 14.8. The number of nitrogens with zero attached hydrogens (tertiary/aromatic N) is 1. The number of allylic oxidation sites excluding steroid dienone is 1. The summed E-state index contributed by atoms with van der Waals surface area (Å²) in [4.78, 5) is 17.4. The molecule has 0 saturated heterocycles. The van der Waals surface area contributed by atoms with Gasteiger partial charge in [0.05, 0.1) is 16.8 Å². The second-order valence-corrected chi connectivity index (χ2v) is 5.99. The van der Waals surface area contributed by atoms with Crippen LogP contribution < -0.4 is 5.32 Å². The van der Waals surface area contributed by atoms with Crippen LogP contribution in [0.5, 0.6) is 0 Å². The third-order valence-corrected chi connectivity index (χ3v) is 4.54. The van der Waals surface area contributed by atoms with Gasteiger partial charge >= 0.3 is 0 Å². The fraction of sp³-hybridized carbons (Fsp3) is 0.143. The zero-order valence-corrected chi connectivity index (χ0v) is 13.5. The van der Waals surface area contributed by atoms with Gasteiger partial charge in [-0.25, -0.2) is 4.98 Å². The Bertz CT molecular complexity index is 958. The smallest absolute Gasteiger partial charge is 0.252 e. The van der Waals surface area contributed by atoms with Gasteiger partial charge in [-0.15, -0.1) is 0 Å². The minimum atomic E-state index is -0.0363. The van der Waals surface area contributed by atoms with Crippen molar-refractivity contribution in [3.63, 3.8) is 0 Å². The number of hydrogen-bond donors (Lipinski definition) is 1. The van der Waals surface area contributed by atoms with Crippen LogP contribution in [0.3, 0.4) is 0 Å². The molecule has 0 spiro atoms. The summed E-state index contributed by atoms with van der Waals surface area (Å²) in [5, 5.41) is 3.71. The first-order valence-electron chi connectivity index (χ1n) is 8.17. The van der Waals surface area contributed by atoms with E-state index < -0.39 is 0 Å². The number of rotatable bonds is 2. The van der Waals surface area contributed by atoms with Crippen LogP contribution in [0.1, 0.15) is 33.6 Å². The third-order valence-electron chi connectivity index (χ3n) is 4.54. The Kier molecular flexibility index (Phi) is 3.62. The molecule has 3 aromatic rings. The summed E-state index contributed by atoms with van der Waals surface area (Å²) in [7, 11) is 1.68. The second-order valence-electron chi connectivity index (χ2n) is 5.99. The first kappa shape index (κ1) is 14.6. The first-order valence-corrected chi connectivity index (χ1v) is 8.17. The van der Waals surface area contributed by atoms with Gasteiger partial charge < -0.3 is 5.32 Å². The topological polar surface area (TPSA) is 42.0 Å². The van der Waals surface area contributed by atoms with Gasteiger partial charge in [0.1, 0.15) is 0 Å². The minimum Gasteiger partial charge on any atom is -0.355 e. The molecule has 0 saturated carbocycles. The monoisotopic (exact) mass is 314 g/mol. The highest BCUT2D eigenvalue weighted by atomic mass is 16.1. The van der Waals surface area contributed by atoms with Crippen molar-refractivity contribution in [3.05, 3.63) is 77.0 Å². The van der Waals surface area contributed by atoms with E-state index in [0.29, 0.717) is 0 Å². The lowest BCUT2D eigenvalue weighted by Crippen LogP contribution is -2.20. The molecule has 1 aliphatic carbocycles. The standard InChI is InChI=1S/C21H18N2O/c1-22-21(24)19-16-9-5-6-10-18(16)23-20-15(11-12-17(19)20)13-14-7-3-2-4-8-14/h2-10,13H,11-12H2,1H3,(H,22,24)/b15-13+. The zero-order valence-electron chi connectivity index (χ0n) is 13.5. The van der Waals surface area contributed by atoms with E-state index in [-0.39, 0.29) is 5.91 Å². The van der Waals surface area contributed by atoms with Crippen LogP contribution in [0.2, 0.25) is 0 Å². The van der Waals surface area contributed by atoms with Crippen LogP contribution in [-0.2, 0) is 6.42 Å². The molecular weight excluding hydrogens is 296 g/mol. The van der Waals surface area contributed by atoms with E-state index in [1.165, 1.54) is 5.57 Å². The van der Waals surface area contributed by atoms with E-state index in [2.05, 4.69) is 23.5 Å². The summed E-state index contributed by atoms with van der Waals surface area (Å²) in [6, 6.07) is 18.1. The largest absolute Gasteiger partial charge is 0.355 e. The van der Waals surface area contributed by atoms with E-state index in [0.717, 1.165) is 46.1 Å². The zero-order chi connectivity index (χ0) is 16.5. The molecule has 1 heterocycles. The van der Waals surface area contributed by atoms with E-state index in [4.69, 9.17) is 4.98 Å². The number of fused-ring (bicyclic) bond motifs is 2. The number of hydrogen-bond acceptors (Lipinski definition) is 2. The van der Waals surface area contributed by atoms with Crippen LogP contribution in [0.15, 0.2) is 54.6 Å². The van der Waals surface area contributed by atoms with Crippen molar-refractivity contribution in [2.75, 3.05) is 7.05 Å². The maximum atomic E-state index is 12.5. The summed E-state index contributed by atoms with van der Waals surface area (Å²) in [5.41, 5.74) is 6.04. The summed E-state index contributed by atoms with van der Waals surface area (Å²) in [6.45, 7) is 0. The molecular formula is C21H18N2O. The molecule has 1 amide bonds. The average Bonchev–Trinajstić information content (AvgIpc) is 3.02. The number of nitrogens with one attached hydrogen (secondary N) is 1. The number of amides is 1. The van der Waals surface area contributed by atoms with Gasteiger partial charge in [0.2, 0.25) is 0 Å². The predicted octanol–water partition coefficient (Wildman–Crippen LogP) is 4.08. The van der Waals surface area contributed by atoms with Crippen molar-refractivity contribution in [2.45, 2.75) is 12.8 Å². The summed E-state index contributed by atoms with van der Waals surface area (Å²) < 4.78 is 0. The molecule has 4 rings (SSSR count). The number of para-hydroxylation sites is 1. The number of aromatic nitrogens is 1. The number of benzene rings is 2. The van der Waals surface area contributed by atoms with E-state index >= 15 is 0 Å². The average molecular weight is 314 g/mol. The van der Waals surface area contributed by atoms with Crippen LogP contribution >= 0.6 is 0 Å².